The highest BCUT2D eigenvalue weighted by atomic mass is 16.6. The Balaban J connectivity index is 1.88. The quantitative estimate of drug-likeness (QED) is 0.334. The number of hydrogen-bond donors (Lipinski definition) is 2. The maximum atomic E-state index is 9.34. The third-order valence-electron chi connectivity index (χ3n) is 0.553. The summed E-state index contributed by atoms with van der Waals surface area (Å²) in [6, 6.07) is 0. The predicted octanol–water partition coefficient (Wildman–Crippen LogP) is -1.07. The number of hydrogen-bond acceptors (Lipinski definition) is 4. The second kappa shape index (κ2) is 1.53. The van der Waals surface area contributed by atoms with Gasteiger partial charge in [0.25, 0.3) is 0 Å². The van der Waals surface area contributed by atoms with Gasteiger partial charge in [0.05, 0.1) is 6.61 Å². The fraction of sp³-hybridized carbons (Fsp3) is 1.00. The van der Waals surface area contributed by atoms with Crippen LogP contribution in [0.4, 0.5) is 0 Å². The largest absolute Gasteiger partial charge is 0.774 e. The molecule has 6 heavy (non-hydrogen) atoms. The van der Waals surface area contributed by atoms with Crippen molar-refractivity contribution < 1.29 is 4.74 Å². The van der Waals surface area contributed by atoms with Crippen molar-refractivity contribution in [3.05, 3.63) is 5.21 Å². The molecule has 0 amide bonds. The molecule has 1 unspecified atom stereocenters. The minimum atomic E-state index is -0.0255. The van der Waals surface area contributed by atoms with Crippen LogP contribution in [0.15, 0.2) is 0 Å². The van der Waals surface area contributed by atoms with Crippen molar-refractivity contribution >= 4 is 0 Å². The average molecular weight is 89.1 g/mol. The lowest BCUT2D eigenvalue weighted by atomic mass is 10.8. The van der Waals surface area contributed by atoms with E-state index in [4.69, 9.17) is 0 Å². The molecule has 36 valence electrons. The topological polar surface area (TPSA) is 59.6 Å². The average Bonchev–Trinajstić information content (AvgIpc) is 2.21. The van der Waals surface area contributed by atoms with Crippen molar-refractivity contribution in [2.75, 3.05) is 6.61 Å². The first kappa shape index (κ1) is 4.01. The molecule has 4 nitrogen and oxygen atoms in total. The summed E-state index contributed by atoms with van der Waals surface area (Å²) in [6.45, 7) is 0.648. The number of ether oxygens (including phenoxy) is 1. The van der Waals surface area contributed by atoms with Gasteiger partial charge in [0, 0.05) is 0 Å². The van der Waals surface area contributed by atoms with E-state index in [1.807, 2.05) is 0 Å². The van der Waals surface area contributed by atoms with Gasteiger partial charge in [-0.05, 0) is 0 Å². The van der Waals surface area contributed by atoms with Gasteiger partial charge in [-0.2, -0.15) is 0 Å². The molecular weight excluding hydrogens is 84.0 g/mol. The molecule has 1 aliphatic rings. The first-order valence-corrected chi connectivity index (χ1v) is 1.68. The Bertz CT molecular complexity index is 44.8. The van der Waals surface area contributed by atoms with E-state index in [0.717, 1.165) is 0 Å². The van der Waals surface area contributed by atoms with Gasteiger partial charge in [0.15, 0.2) is 0 Å². The SMILES string of the molecule is [O-]NNC1CO1. The molecule has 2 N–H and O–H groups in total. The molecule has 0 aromatic rings. The summed E-state index contributed by atoms with van der Waals surface area (Å²) in [5, 5.41) is 9.34. The first-order valence-electron chi connectivity index (χ1n) is 1.68. The Morgan fingerprint density at radius 2 is 2.50 bits per heavy atom. The third-order valence-corrected chi connectivity index (χ3v) is 0.553. The van der Waals surface area contributed by atoms with Crippen LogP contribution in [0.25, 0.3) is 0 Å². The van der Waals surface area contributed by atoms with Crippen LogP contribution in [0.1, 0.15) is 0 Å². The van der Waals surface area contributed by atoms with Crippen LogP contribution in [0.5, 0.6) is 0 Å². The second-order valence-electron chi connectivity index (χ2n) is 1.07. The smallest absolute Gasteiger partial charge is 0.143 e. The van der Waals surface area contributed by atoms with Crippen LogP contribution in [0, 0.1) is 5.21 Å². The van der Waals surface area contributed by atoms with Crippen LogP contribution in [-0.4, -0.2) is 12.8 Å². The van der Waals surface area contributed by atoms with E-state index >= 15 is 0 Å². The Kier molecular flexibility index (Phi) is 1.02. The highest BCUT2D eigenvalue weighted by Gasteiger charge is 2.19. The van der Waals surface area contributed by atoms with E-state index in [9.17, 15) is 5.21 Å². The molecule has 0 saturated carbocycles. The monoisotopic (exact) mass is 89.0 g/mol. The summed E-state index contributed by atoms with van der Waals surface area (Å²) < 4.78 is 4.58. The Morgan fingerprint density at radius 3 is 2.67 bits per heavy atom. The van der Waals surface area contributed by atoms with Crippen LogP contribution >= 0.6 is 0 Å². The van der Waals surface area contributed by atoms with Crippen molar-refractivity contribution in [3.8, 4) is 0 Å². The van der Waals surface area contributed by atoms with Gasteiger partial charge in [-0.3, -0.25) is 0 Å². The Morgan fingerprint density at radius 1 is 1.83 bits per heavy atom. The van der Waals surface area contributed by atoms with Gasteiger partial charge in [0.1, 0.15) is 6.23 Å². The highest BCUT2D eigenvalue weighted by Crippen LogP contribution is 2.00. The Labute approximate surface area is 35.0 Å². The van der Waals surface area contributed by atoms with Crippen molar-refractivity contribution in [1.29, 1.82) is 0 Å². The summed E-state index contributed by atoms with van der Waals surface area (Å²) in [5.41, 5.74) is 3.80. The minimum Gasteiger partial charge on any atom is -0.774 e. The van der Waals surface area contributed by atoms with Crippen LogP contribution in [0.3, 0.4) is 0 Å². The van der Waals surface area contributed by atoms with Crippen molar-refractivity contribution in [2.45, 2.75) is 6.23 Å². The highest BCUT2D eigenvalue weighted by molar-refractivity contribution is 4.61. The van der Waals surface area contributed by atoms with E-state index in [0.29, 0.717) is 6.61 Å². The molecule has 0 aliphatic carbocycles. The third kappa shape index (κ3) is 0.908. The van der Waals surface area contributed by atoms with Crippen molar-refractivity contribution in [2.24, 2.45) is 0 Å². The number of epoxide rings is 1. The molecule has 0 radical (unpaired) electrons. The molecular formula is C2H5N2O2-. The van der Waals surface area contributed by atoms with Gasteiger partial charge >= 0.3 is 0 Å². The normalized spacial score (nSPS) is 30.5. The number of rotatable bonds is 2. The second-order valence-corrected chi connectivity index (χ2v) is 1.07. The standard InChI is InChI=1S/C2H5N2O2/c5-4-3-2-1-6-2/h2-4H,1H2/q-1. The molecule has 1 fully saturated rings. The van der Waals surface area contributed by atoms with Gasteiger partial charge < -0.3 is 15.5 Å². The van der Waals surface area contributed by atoms with Crippen LogP contribution in [0.2, 0.25) is 0 Å². The lowest BCUT2D eigenvalue weighted by Gasteiger charge is -2.03. The van der Waals surface area contributed by atoms with Gasteiger partial charge in [-0.1, -0.05) is 0 Å². The van der Waals surface area contributed by atoms with Gasteiger partial charge in [0.2, 0.25) is 0 Å². The number of nitrogens with one attached hydrogen (secondary N) is 2. The zero-order valence-corrected chi connectivity index (χ0v) is 3.10. The van der Waals surface area contributed by atoms with E-state index < -0.39 is 0 Å². The fourth-order valence-electron chi connectivity index (χ4n) is 0.197. The maximum absolute atomic E-state index is 9.34. The van der Waals surface area contributed by atoms with E-state index in [1.165, 1.54) is 5.59 Å². The molecule has 1 heterocycles. The molecule has 0 spiro atoms. The summed E-state index contributed by atoms with van der Waals surface area (Å²) >= 11 is 0. The summed E-state index contributed by atoms with van der Waals surface area (Å²) in [6.07, 6.45) is -0.0255. The van der Waals surface area contributed by atoms with Gasteiger partial charge in [-0.15, -0.1) is 0 Å². The lowest BCUT2D eigenvalue weighted by Crippen LogP contribution is -2.28. The zero-order chi connectivity index (χ0) is 4.41. The van der Waals surface area contributed by atoms with Crippen LogP contribution < -0.4 is 11.0 Å². The fourth-order valence-corrected chi connectivity index (χ4v) is 0.197. The Hall–Kier alpha value is -0.160. The summed E-state index contributed by atoms with van der Waals surface area (Å²) in [5.74, 6) is 0. The first-order chi connectivity index (χ1) is 2.93. The van der Waals surface area contributed by atoms with Gasteiger partial charge in [-0.25, -0.2) is 5.43 Å². The molecule has 4 heteroatoms. The predicted molar refractivity (Wildman–Crippen MR) is 19.4 cm³/mol. The summed E-state index contributed by atoms with van der Waals surface area (Å²) in [4.78, 5) is 0. The lowest BCUT2D eigenvalue weighted by molar-refractivity contribution is 0.355. The zero-order valence-electron chi connectivity index (χ0n) is 3.10. The van der Waals surface area contributed by atoms with E-state index in [-0.39, 0.29) is 6.23 Å². The van der Waals surface area contributed by atoms with E-state index in [1.54, 1.807) is 0 Å². The minimum absolute atomic E-state index is 0.0255. The van der Waals surface area contributed by atoms with E-state index in [2.05, 4.69) is 10.2 Å². The molecule has 1 saturated heterocycles. The molecule has 0 aromatic heterocycles. The molecule has 0 bridgehead atoms. The molecule has 1 rings (SSSR count). The molecule has 1 atom stereocenters. The van der Waals surface area contributed by atoms with Crippen molar-refractivity contribution in [1.82, 2.24) is 11.0 Å². The number of hydrazine groups is 1. The van der Waals surface area contributed by atoms with Crippen LogP contribution in [-0.2, 0) is 4.74 Å². The summed E-state index contributed by atoms with van der Waals surface area (Å²) in [7, 11) is 0. The maximum Gasteiger partial charge on any atom is 0.143 e. The molecule has 0 aromatic carbocycles. The molecule has 1 aliphatic heterocycles. The van der Waals surface area contributed by atoms with Crippen molar-refractivity contribution in [3.63, 3.8) is 0 Å².